The molecule has 2 aromatic carbocycles. The monoisotopic (exact) mass is 354 g/mol. The van der Waals surface area contributed by atoms with E-state index in [4.69, 9.17) is 15.2 Å². The number of aromatic amines is 1. The van der Waals surface area contributed by atoms with Crippen LogP contribution in [0, 0.1) is 6.92 Å². The van der Waals surface area contributed by atoms with E-state index in [1.807, 2.05) is 24.3 Å². The summed E-state index contributed by atoms with van der Waals surface area (Å²) in [4.78, 5) is 18.8. The van der Waals surface area contributed by atoms with Crippen molar-refractivity contribution in [1.29, 1.82) is 0 Å². The molecule has 0 atom stereocenters. The fraction of sp³-hybridized carbons (Fsp3) is 0.263. The van der Waals surface area contributed by atoms with Crippen LogP contribution >= 0.6 is 0 Å². The van der Waals surface area contributed by atoms with Gasteiger partial charge in [-0.15, -0.1) is 0 Å². The number of H-pyrrole nitrogens is 1. The van der Waals surface area contributed by atoms with E-state index in [-0.39, 0.29) is 5.56 Å². The summed E-state index contributed by atoms with van der Waals surface area (Å²) in [6.07, 6.45) is 0.788. The van der Waals surface area contributed by atoms with Gasteiger partial charge < -0.3 is 25.5 Å². The summed E-state index contributed by atoms with van der Waals surface area (Å²) < 4.78 is 10.6. The maximum Gasteiger partial charge on any atom is 0.269 e. The molecule has 7 nitrogen and oxygen atoms in total. The lowest BCUT2D eigenvalue weighted by Gasteiger charge is -2.12. The minimum absolute atomic E-state index is 0.203. The highest BCUT2D eigenvalue weighted by atomic mass is 16.5. The molecule has 0 amide bonds. The number of ether oxygens (including phenoxy) is 2. The van der Waals surface area contributed by atoms with Crippen LogP contribution in [0.1, 0.15) is 11.3 Å². The van der Waals surface area contributed by atoms with Crippen LogP contribution in [0.4, 0.5) is 11.4 Å². The first-order valence-electron chi connectivity index (χ1n) is 8.26. The molecule has 0 fully saturated rings. The molecule has 3 aromatic rings. The van der Waals surface area contributed by atoms with E-state index >= 15 is 0 Å². The first kappa shape index (κ1) is 17.6. The molecule has 3 rings (SSSR count). The van der Waals surface area contributed by atoms with Gasteiger partial charge in [0.25, 0.3) is 5.56 Å². The second-order valence-corrected chi connectivity index (χ2v) is 5.97. The minimum atomic E-state index is -0.203. The van der Waals surface area contributed by atoms with Gasteiger partial charge in [0, 0.05) is 6.54 Å². The molecule has 0 aliphatic rings. The molecule has 0 radical (unpaired) electrons. The average molecular weight is 354 g/mol. The van der Waals surface area contributed by atoms with Crippen molar-refractivity contribution in [1.82, 2.24) is 9.97 Å². The van der Waals surface area contributed by atoms with Gasteiger partial charge in [-0.1, -0.05) is 6.07 Å². The van der Waals surface area contributed by atoms with E-state index in [9.17, 15) is 4.79 Å². The van der Waals surface area contributed by atoms with E-state index < -0.39 is 0 Å². The number of nitrogens with two attached hydrogens (primary N) is 1. The Morgan fingerprint density at radius 1 is 1.15 bits per heavy atom. The average Bonchev–Trinajstić information content (AvgIpc) is 2.63. The molecule has 0 aliphatic heterocycles. The van der Waals surface area contributed by atoms with E-state index in [1.54, 1.807) is 27.2 Å². The highest BCUT2D eigenvalue weighted by Gasteiger charge is 2.07. The summed E-state index contributed by atoms with van der Waals surface area (Å²) in [5.74, 6) is 1.41. The molecular weight excluding hydrogens is 332 g/mol. The lowest BCUT2D eigenvalue weighted by molar-refractivity contribution is 0.354. The summed E-state index contributed by atoms with van der Waals surface area (Å²) in [6, 6.07) is 9.42. The van der Waals surface area contributed by atoms with Crippen LogP contribution in [-0.4, -0.2) is 30.7 Å². The van der Waals surface area contributed by atoms with Gasteiger partial charge >= 0.3 is 0 Å². The standard InChI is InChI=1S/C19H22N4O3/c1-11-19(24)23-15-9-13(20)14(10-16(15)22-11)21-7-6-12-4-5-17(25-2)18(8-12)26-3/h4-5,8-10,21H,6-7,20H2,1-3H3,(H,23,24). The number of anilines is 2. The molecule has 1 heterocycles. The number of hydrogen-bond acceptors (Lipinski definition) is 6. The number of methoxy groups -OCH3 is 2. The maximum absolute atomic E-state index is 11.7. The molecular formula is C19H22N4O3. The number of aromatic nitrogens is 2. The van der Waals surface area contributed by atoms with Crippen LogP contribution < -0.4 is 26.1 Å². The Kier molecular flexibility index (Phi) is 4.97. The molecule has 0 aliphatic carbocycles. The lowest BCUT2D eigenvalue weighted by Crippen LogP contribution is -2.12. The molecule has 136 valence electrons. The summed E-state index contributed by atoms with van der Waals surface area (Å²) >= 11 is 0. The number of nitrogen functional groups attached to an aromatic ring is 1. The zero-order chi connectivity index (χ0) is 18.7. The largest absolute Gasteiger partial charge is 0.493 e. The fourth-order valence-corrected chi connectivity index (χ4v) is 2.77. The van der Waals surface area contributed by atoms with Gasteiger partial charge in [0.05, 0.1) is 36.6 Å². The SMILES string of the molecule is COc1ccc(CCNc2cc3nc(C)c(=O)[nH]c3cc2N)cc1OC. The van der Waals surface area contributed by atoms with Gasteiger partial charge in [0.2, 0.25) is 0 Å². The molecule has 0 unspecified atom stereocenters. The van der Waals surface area contributed by atoms with Crippen molar-refractivity contribution in [3.63, 3.8) is 0 Å². The van der Waals surface area contributed by atoms with Crippen LogP contribution in [0.3, 0.4) is 0 Å². The summed E-state index contributed by atoms with van der Waals surface area (Å²) in [7, 11) is 3.24. The van der Waals surface area contributed by atoms with E-state index in [2.05, 4.69) is 15.3 Å². The lowest BCUT2D eigenvalue weighted by atomic mass is 10.1. The topological polar surface area (TPSA) is 102 Å². The van der Waals surface area contributed by atoms with E-state index in [0.717, 1.165) is 17.7 Å². The Balaban J connectivity index is 1.74. The highest BCUT2D eigenvalue weighted by Crippen LogP contribution is 2.28. The number of hydrogen-bond donors (Lipinski definition) is 3. The Labute approximate surface area is 151 Å². The Morgan fingerprint density at radius 2 is 1.92 bits per heavy atom. The van der Waals surface area contributed by atoms with Crippen molar-refractivity contribution >= 4 is 22.4 Å². The third-order valence-electron chi connectivity index (χ3n) is 4.21. The maximum atomic E-state index is 11.7. The highest BCUT2D eigenvalue weighted by molar-refractivity contribution is 5.86. The Morgan fingerprint density at radius 3 is 2.65 bits per heavy atom. The zero-order valence-corrected chi connectivity index (χ0v) is 15.1. The Bertz CT molecular complexity index is 998. The normalized spacial score (nSPS) is 10.7. The van der Waals surface area contributed by atoms with Crippen LogP contribution in [0.15, 0.2) is 35.1 Å². The van der Waals surface area contributed by atoms with Crippen molar-refractivity contribution in [3.8, 4) is 11.5 Å². The number of rotatable bonds is 6. The third-order valence-corrected chi connectivity index (χ3v) is 4.21. The van der Waals surface area contributed by atoms with Crippen LogP contribution in [0.5, 0.6) is 11.5 Å². The minimum Gasteiger partial charge on any atom is -0.493 e. The van der Waals surface area contributed by atoms with Crippen molar-refractivity contribution in [3.05, 3.63) is 51.9 Å². The van der Waals surface area contributed by atoms with E-state index in [0.29, 0.717) is 40.5 Å². The fourth-order valence-electron chi connectivity index (χ4n) is 2.77. The summed E-state index contributed by atoms with van der Waals surface area (Å²) in [5, 5.41) is 3.32. The van der Waals surface area contributed by atoms with Gasteiger partial charge in [-0.25, -0.2) is 4.98 Å². The number of aryl methyl sites for hydroxylation is 1. The Hall–Kier alpha value is -3.22. The van der Waals surface area contributed by atoms with Crippen LogP contribution in [0.2, 0.25) is 0 Å². The van der Waals surface area contributed by atoms with Crippen molar-refractivity contribution < 1.29 is 9.47 Å². The molecule has 1 aromatic heterocycles. The number of nitrogens with one attached hydrogen (secondary N) is 2. The third kappa shape index (κ3) is 3.56. The summed E-state index contributed by atoms with van der Waals surface area (Å²) in [5.41, 5.74) is 10.1. The molecule has 26 heavy (non-hydrogen) atoms. The van der Waals surface area contributed by atoms with Gasteiger partial charge in [-0.05, 0) is 43.2 Å². The number of fused-ring (bicyclic) bond motifs is 1. The van der Waals surface area contributed by atoms with Crippen LogP contribution in [-0.2, 0) is 6.42 Å². The summed E-state index contributed by atoms with van der Waals surface area (Å²) in [6.45, 7) is 2.37. The molecule has 0 bridgehead atoms. The number of nitrogens with zero attached hydrogens (tertiary/aromatic N) is 1. The van der Waals surface area contributed by atoms with Gasteiger partial charge in [0.1, 0.15) is 5.69 Å². The zero-order valence-electron chi connectivity index (χ0n) is 15.1. The van der Waals surface area contributed by atoms with Crippen molar-refractivity contribution in [2.75, 3.05) is 31.8 Å². The number of benzene rings is 2. The predicted molar refractivity (Wildman–Crippen MR) is 103 cm³/mol. The molecule has 0 saturated heterocycles. The van der Waals surface area contributed by atoms with E-state index in [1.165, 1.54) is 0 Å². The van der Waals surface area contributed by atoms with Crippen molar-refractivity contribution in [2.45, 2.75) is 13.3 Å². The second-order valence-electron chi connectivity index (χ2n) is 5.97. The van der Waals surface area contributed by atoms with Crippen molar-refractivity contribution in [2.24, 2.45) is 0 Å². The first-order valence-corrected chi connectivity index (χ1v) is 8.26. The van der Waals surface area contributed by atoms with Gasteiger partial charge in [0.15, 0.2) is 11.5 Å². The molecule has 7 heteroatoms. The first-order chi connectivity index (χ1) is 12.5. The molecule has 4 N–H and O–H groups in total. The van der Waals surface area contributed by atoms with Gasteiger partial charge in [-0.3, -0.25) is 4.79 Å². The quantitative estimate of drug-likeness (QED) is 0.588. The smallest absolute Gasteiger partial charge is 0.269 e. The second kappa shape index (κ2) is 7.35. The molecule has 0 saturated carbocycles. The van der Waals surface area contributed by atoms with Gasteiger partial charge in [-0.2, -0.15) is 0 Å². The predicted octanol–water partition coefficient (Wildman–Crippen LogP) is 2.49. The van der Waals surface area contributed by atoms with Crippen LogP contribution in [0.25, 0.3) is 11.0 Å². The molecule has 0 spiro atoms.